The number of phenolic OH excluding ortho intramolecular Hbond substituents is 1. The first kappa shape index (κ1) is 11.4. The zero-order chi connectivity index (χ0) is 11.9. The van der Waals surface area contributed by atoms with E-state index in [2.05, 4.69) is 0 Å². The van der Waals surface area contributed by atoms with E-state index in [1.165, 1.54) is 0 Å². The van der Waals surface area contributed by atoms with Crippen molar-refractivity contribution in [2.24, 2.45) is 5.73 Å². The molecule has 0 atom stereocenters. The highest BCUT2D eigenvalue weighted by Gasteiger charge is 2.27. The fourth-order valence-electron chi connectivity index (χ4n) is 1.63. The lowest BCUT2D eigenvalue weighted by Gasteiger charge is -2.26. The molecule has 1 aromatic rings. The van der Waals surface area contributed by atoms with Gasteiger partial charge in [-0.15, -0.1) is 0 Å². The maximum absolute atomic E-state index is 9.94. The Morgan fingerprint density at radius 1 is 1.38 bits per heavy atom. The van der Waals surface area contributed by atoms with Crippen molar-refractivity contribution in [3.63, 3.8) is 0 Å². The van der Waals surface area contributed by atoms with Crippen LogP contribution in [0.25, 0.3) is 0 Å². The van der Waals surface area contributed by atoms with E-state index in [-0.39, 0.29) is 10.8 Å². The molecule has 0 aliphatic carbocycles. The Labute approximate surface area is 98.9 Å². The van der Waals surface area contributed by atoms with E-state index in [0.717, 1.165) is 0 Å². The molecular weight excluding hydrogens is 230 g/mol. The Morgan fingerprint density at radius 3 is 2.62 bits per heavy atom. The third-order valence-corrected chi connectivity index (χ3v) is 2.79. The molecule has 5 heteroatoms. The summed E-state index contributed by atoms with van der Waals surface area (Å²) >= 11 is 6.01. The van der Waals surface area contributed by atoms with Gasteiger partial charge in [-0.25, -0.2) is 0 Å². The van der Waals surface area contributed by atoms with E-state index in [1.807, 2.05) is 0 Å². The zero-order valence-electron chi connectivity index (χ0n) is 9.21. The smallest absolute Gasteiger partial charge is 0.183 e. The number of nitrogens with two attached hydrogens (primary N) is 1. The second-order valence-corrected chi connectivity index (χ2v) is 4.71. The zero-order valence-corrected chi connectivity index (χ0v) is 9.97. The van der Waals surface area contributed by atoms with Gasteiger partial charge in [0.2, 0.25) is 0 Å². The number of aromatic hydroxyl groups is 1. The van der Waals surface area contributed by atoms with Crippen LogP contribution in [-0.2, 0) is 5.54 Å². The molecule has 0 aromatic heterocycles. The average Bonchev–Trinajstić information content (AvgIpc) is 2.22. The molecule has 0 amide bonds. The number of fused-ring (bicyclic) bond motifs is 1. The molecule has 88 valence electrons. The number of halogens is 1. The van der Waals surface area contributed by atoms with Crippen molar-refractivity contribution >= 4 is 11.6 Å². The van der Waals surface area contributed by atoms with Crippen LogP contribution in [0, 0.1) is 0 Å². The van der Waals surface area contributed by atoms with E-state index in [0.29, 0.717) is 30.3 Å². The van der Waals surface area contributed by atoms with Crippen LogP contribution in [0.5, 0.6) is 17.2 Å². The molecular formula is C11H14ClNO3. The average molecular weight is 244 g/mol. The largest absolute Gasteiger partial charge is 0.506 e. The van der Waals surface area contributed by atoms with Gasteiger partial charge in [-0.1, -0.05) is 11.6 Å². The summed E-state index contributed by atoms with van der Waals surface area (Å²) in [5, 5.41) is 10.1. The first-order chi connectivity index (χ1) is 7.41. The molecule has 1 heterocycles. The topological polar surface area (TPSA) is 64.7 Å². The Hall–Kier alpha value is -1.13. The summed E-state index contributed by atoms with van der Waals surface area (Å²) in [5.74, 6) is 0.874. The number of hydrogen-bond donors (Lipinski definition) is 2. The predicted octanol–water partition coefficient (Wildman–Crippen LogP) is 2.01. The standard InChI is InChI=1S/C11H14ClNO3/c1-11(2,13)6-5-7-10(8(12)9(6)14)16-4-3-15-7/h5,14H,3-4,13H2,1-2H3. The first-order valence-electron chi connectivity index (χ1n) is 5.01. The van der Waals surface area contributed by atoms with Gasteiger partial charge in [0, 0.05) is 11.1 Å². The van der Waals surface area contributed by atoms with Gasteiger partial charge >= 0.3 is 0 Å². The van der Waals surface area contributed by atoms with Gasteiger partial charge in [0.25, 0.3) is 0 Å². The van der Waals surface area contributed by atoms with E-state index >= 15 is 0 Å². The fraction of sp³-hybridized carbons (Fsp3) is 0.455. The van der Waals surface area contributed by atoms with E-state index in [4.69, 9.17) is 26.8 Å². The lowest BCUT2D eigenvalue weighted by molar-refractivity contribution is 0.170. The lowest BCUT2D eigenvalue weighted by atomic mass is 9.94. The summed E-state index contributed by atoms with van der Waals surface area (Å²) < 4.78 is 10.8. The molecule has 0 saturated heterocycles. The molecule has 2 rings (SSSR count). The van der Waals surface area contributed by atoms with Crippen molar-refractivity contribution in [3.8, 4) is 17.2 Å². The van der Waals surface area contributed by atoms with Gasteiger partial charge in [0.15, 0.2) is 11.5 Å². The summed E-state index contributed by atoms with van der Waals surface area (Å²) in [6.45, 7) is 4.47. The maximum atomic E-state index is 9.94. The molecule has 1 aliphatic rings. The number of ether oxygens (including phenoxy) is 2. The van der Waals surface area contributed by atoms with Crippen LogP contribution >= 0.6 is 11.6 Å². The molecule has 0 saturated carbocycles. The molecule has 0 spiro atoms. The monoisotopic (exact) mass is 243 g/mol. The fourth-order valence-corrected chi connectivity index (χ4v) is 1.88. The quantitative estimate of drug-likeness (QED) is 0.792. The van der Waals surface area contributed by atoms with Crippen molar-refractivity contribution < 1.29 is 14.6 Å². The molecule has 16 heavy (non-hydrogen) atoms. The van der Waals surface area contributed by atoms with Gasteiger partial charge in [0.05, 0.1) is 0 Å². The van der Waals surface area contributed by atoms with Crippen LogP contribution < -0.4 is 15.2 Å². The third kappa shape index (κ3) is 1.79. The second-order valence-electron chi connectivity index (χ2n) is 4.33. The SMILES string of the molecule is CC(C)(N)c1cc2c(c(Cl)c1O)OCCO2. The Bertz CT molecular complexity index is 426. The number of rotatable bonds is 1. The van der Waals surface area contributed by atoms with Gasteiger partial charge < -0.3 is 20.3 Å². The Kier molecular flexibility index (Phi) is 2.64. The highest BCUT2D eigenvalue weighted by atomic mass is 35.5. The van der Waals surface area contributed by atoms with E-state index in [1.54, 1.807) is 19.9 Å². The van der Waals surface area contributed by atoms with Gasteiger partial charge in [-0.05, 0) is 19.9 Å². The molecule has 3 N–H and O–H groups in total. The van der Waals surface area contributed by atoms with Crippen molar-refractivity contribution in [1.29, 1.82) is 0 Å². The first-order valence-corrected chi connectivity index (χ1v) is 5.39. The summed E-state index contributed by atoms with van der Waals surface area (Å²) in [6.07, 6.45) is 0. The van der Waals surface area contributed by atoms with Crippen molar-refractivity contribution in [2.75, 3.05) is 13.2 Å². The van der Waals surface area contributed by atoms with Crippen LogP contribution in [0.1, 0.15) is 19.4 Å². The van der Waals surface area contributed by atoms with Crippen LogP contribution in [0.3, 0.4) is 0 Å². The third-order valence-electron chi connectivity index (χ3n) is 2.44. The van der Waals surface area contributed by atoms with E-state index < -0.39 is 5.54 Å². The van der Waals surface area contributed by atoms with Crippen LogP contribution in [-0.4, -0.2) is 18.3 Å². The minimum atomic E-state index is -0.691. The highest BCUT2D eigenvalue weighted by Crippen LogP contribution is 2.47. The van der Waals surface area contributed by atoms with Crippen molar-refractivity contribution in [1.82, 2.24) is 0 Å². The lowest BCUT2D eigenvalue weighted by Crippen LogP contribution is -2.29. The molecule has 0 bridgehead atoms. The normalized spacial score (nSPS) is 15.0. The summed E-state index contributed by atoms with van der Waals surface area (Å²) in [4.78, 5) is 0. The van der Waals surface area contributed by atoms with E-state index in [9.17, 15) is 5.11 Å². The van der Waals surface area contributed by atoms with Crippen molar-refractivity contribution in [3.05, 3.63) is 16.7 Å². The van der Waals surface area contributed by atoms with Gasteiger partial charge in [0.1, 0.15) is 24.0 Å². The summed E-state index contributed by atoms with van der Waals surface area (Å²) in [5.41, 5.74) is 5.80. The minimum Gasteiger partial charge on any atom is -0.506 e. The maximum Gasteiger partial charge on any atom is 0.183 e. The van der Waals surface area contributed by atoms with Gasteiger partial charge in [-0.2, -0.15) is 0 Å². The number of phenols is 1. The summed E-state index contributed by atoms with van der Waals surface area (Å²) in [7, 11) is 0. The summed E-state index contributed by atoms with van der Waals surface area (Å²) in [6, 6.07) is 1.68. The van der Waals surface area contributed by atoms with Crippen LogP contribution in [0.15, 0.2) is 6.07 Å². The van der Waals surface area contributed by atoms with Crippen LogP contribution in [0.2, 0.25) is 5.02 Å². The molecule has 1 aromatic carbocycles. The Balaban J connectivity index is 2.62. The Morgan fingerprint density at radius 2 is 2.00 bits per heavy atom. The number of hydrogen-bond acceptors (Lipinski definition) is 4. The molecule has 0 unspecified atom stereocenters. The van der Waals surface area contributed by atoms with Crippen molar-refractivity contribution in [2.45, 2.75) is 19.4 Å². The second kappa shape index (κ2) is 3.71. The number of benzene rings is 1. The molecule has 0 radical (unpaired) electrons. The highest BCUT2D eigenvalue weighted by molar-refractivity contribution is 6.34. The molecule has 1 aliphatic heterocycles. The molecule has 4 nitrogen and oxygen atoms in total. The predicted molar refractivity (Wildman–Crippen MR) is 61.3 cm³/mol. The minimum absolute atomic E-state index is 0.0431. The van der Waals surface area contributed by atoms with Gasteiger partial charge in [-0.3, -0.25) is 0 Å². The van der Waals surface area contributed by atoms with Crippen LogP contribution in [0.4, 0.5) is 0 Å². The molecule has 0 fully saturated rings.